The topological polar surface area (TPSA) is 111 Å². The molecular formula is C44H64N8. The number of H-pyrrole nitrogens is 4. The summed E-state index contributed by atoms with van der Waals surface area (Å²) in [6.45, 7) is 18.7. The van der Waals surface area contributed by atoms with Crippen molar-refractivity contribution in [1.82, 2.24) is 41.2 Å². The fourth-order valence-electron chi connectivity index (χ4n) is 11.9. The quantitative estimate of drug-likeness (QED) is 0.124. The molecule has 8 N–H and O–H groups in total. The highest BCUT2D eigenvalue weighted by Crippen LogP contribution is 2.51. The number of aromatic amines is 4. The summed E-state index contributed by atoms with van der Waals surface area (Å²) in [7, 11) is 0. The summed E-state index contributed by atoms with van der Waals surface area (Å²) in [5, 5.41) is 14.7. The largest absolute Gasteiger partial charge is 0.361 e. The van der Waals surface area contributed by atoms with E-state index in [1.807, 2.05) is 0 Å². The van der Waals surface area contributed by atoms with Gasteiger partial charge in [0, 0.05) is 45.6 Å². The third-order valence-electron chi connectivity index (χ3n) is 15.8. The minimum atomic E-state index is -0.172. The lowest BCUT2D eigenvalue weighted by atomic mass is 9.67. The first-order chi connectivity index (χ1) is 25.3. The van der Waals surface area contributed by atoms with Crippen molar-refractivity contribution in [3.05, 3.63) is 94.1 Å². The van der Waals surface area contributed by atoms with Gasteiger partial charge in [-0.3, -0.25) is 0 Å². The predicted octanol–water partition coefficient (Wildman–Crippen LogP) is 6.53. The van der Waals surface area contributed by atoms with Gasteiger partial charge in [0.1, 0.15) is 0 Å². The molecule has 0 radical (unpaired) electrons. The molecule has 0 saturated carbocycles. The molecule has 4 saturated heterocycles. The summed E-state index contributed by atoms with van der Waals surface area (Å²) >= 11 is 0. The average Bonchev–Trinajstić information content (AvgIpc) is 4.05. The Morgan fingerprint density at radius 1 is 0.308 bits per heavy atom. The van der Waals surface area contributed by atoms with Crippen LogP contribution in [0.1, 0.15) is 125 Å². The van der Waals surface area contributed by atoms with Gasteiger partial charge in [-0.25, -0.2) is 0 Å². The molecule has 52 heavy (non-hydrogen) atoms. The van der Waals surface area contributed by atoms with Crippen LogP contribution in [0, 0.1) is 23.7 Å². The Morgan fingerprint density at radius 3 is 0.615 bits per heavy atom. The van der Waals surface area contributed by atoms with Crippen molar-refractivity contribution < 1.29 is 0 Å². The van der Waals surface area contributed by atoms with Crippen LogP contribution in [-0.4, -0.2) is 72.3 Å². The van der Waals surface area contributed by atoms with Gasteiger partial charge in [-0.05, 0) is 204 Å². The summed E-state index contributed by atoms with van der Waals surface area (Å²) in [6, 6.07) is 19.7. The van der Waals surface area contributed by atoms with Crippen molar-refractivity contribution in [3.8, 4) is 0 Å². The Morgan fingerprint density at radius 2 is 0.462 bits per heavy atom. The Balaban J connectivity index is 1.29. The molecular weight excluding hydrogens is 641 g/mol. The highest BCUT2D eigenvalue weighted by atomic mass is 14.9. The number of piperidine rings is 4. The van der Waals surface area contributed by atoms with Crippen molar-refractivity contribution in [2.24, 2.45) is 23.7 Å². The highest BCUT2D eigenvalue weighted by Gasteiger charge is 2.49. The first-order valence-corrected chi connectivity index (χ1v) is 20.9. The molecule has 8 heteroatoms. The van der Waals surface area contributed by atoms with Gasteiger partial charge in [-0.2, -0.15) is 0 Å². The van der Waals surface area contributed by atoms with Crippen LogP contribution in [0.3, 0.4) is 0 Å². The van der Waals surface area contributed by atoms with Gasteiger partial charge >= 0.3 is 0 Å². The number of hydrogen-bond donors (Lipinski definition) is 8. The molecule has 0 aromatic carbocycles. The monoisotopic (exact) mass is 705 g/mol. The second-order valence-corrected chi connectivity index (χ2v) is 18.0. The lowest BCUT2D eigenvalue weighted by molar-refractivity contribution is 0.240. The lowest BCUT2D eigenvalue weighted by Crippen LogP contribution is -2.44. The third kappa shape index (κ3) is 5.29. The molecule has 9 rings (SSSR count). The van der Waals surface area contributed by atoms with E-state index in [0.29, 0.717) is 23.7 Å². The van der Waals surface area contributed by atoms with Crippen LogP contribution in [0.15, 0.2) is 48.5 Å². The molecule has 4 fully saturated rings. The molecule has 5 aliphatic rings. The molecule has 0 aliphatic carbocycles. The van der Waals surface area contributed by atoms with E-state index in [1.165, 1.54) is 96.9 Å². The predicted molar refractivity (Wildman–Crippen MR) is 211 cm³/mol. The van der Waals surface area contributed by atoms with Gasteiger partial charge in [0.15, 0.2) is 0 Å². The third-order valence-corrected chi connectivity index (χ3v) is 15.8. The Hall–Kier alpha value is -3.04. The maximum Gasteiger partial charge on any atom is 0.0504 e. The van der Waals surface area contributed by atoms with Crippen LogP contribution in [0.5, 0.6) is 0 Å². The van der Waals surface area contributed by atoms with Gasteiger partial charge in [0.05, 0.1) is 21.7 Å². The molecule has 0 amide bonds. The maximum absolute atomic E-state index is 4.23. The fraction of sp³-hybridized carbons (Fsp3) is 0.636. The molecule has 9 heterocycles. The second-order valence-electron chi connectivity index (χ2n) is 18.0. The Kier molecular flexibility index (Phi) is 8.92. The minimum Gasteiger partial charge on any atom is -0.361 e. The zero-order valence-electron chi connectivity index (χ0n) is 32.2. The van der Waals surface area contributed by atoms with Crippen LogP contribution in [-0.2, 0) is 21.7 Å². The standard InChI is InChI=1S/C44H64N8/c1-41(29-13-21-45-22-14-29)33-5-7-35(49-33)42(2,30-15-23-46-24-16-30)37-9-11-39(51-37)44(4,32-19-27-48-28-20-32)40-12-10-38(52-40)43(3,31-17-25-47-26-18-31)36-8-6-34(41)50-36/h5-12,29-32,45-52H,13-28H2,1-4H3. The minimum absolute atomic E-state index is 0.172. The van der Waals surface area contributed by atoms with Crippen LogP contribution in [0.4, 0.5) is 0 Å². The van der Waals surface area contributed by atoms with E-state index in [0.717, 1.165) is 52.4 Å². The van der Waals surface area contributed by atoms with E-state index in [2.05, 4.69) is 117 Å². The molecule has 0 unspecified atom stereocenters. The van der Waals surface area contributed by atoms with Crippen LogP contribution in [0.25, 0.3) is 0 Å². The Bertz CT molecular complexity index is 1470. The van der Waals surface area contributed by atoms with E-state index in [1.54, 1.807) is 0 Å². The van der Waals surface area contributed by atoms with Gasteiger partial charge in [0.2, 0.25) is 0 Å². The highest BCUT2D eigenvalue weighted by molar-refractivity contribution is 5.46. The van der Waals surface area contributed by atoms with E-state index in [9.17, 15) is 0 Å². The van der Waals surface area contributed by atoms with Gasteiger partial charge in [0.25, 0.3) is 0 Å². The van der Waals surface area contributed by atoms with Crippen molar-refractivity contribution in [1.29, 1.82) is 0 Å². The molecule has 4 aromatic rings. The van der Waals surface area contributed by atoms with E-state index < -0.39 is 0 Å². The van der Waals surface area contributed by atoms with Gasteiger partial charge in [-0.1, -0.05) is 0 Å². The van der Waals surface area contributed by atoms with Crippen LogP contribution >= 0.6 is 0 Å². The molecule has 5 aliphatic heterocycles. The Labute approximate surface area is 311 Å². The number of nitrogens with one attached hydrogen (secondary N) is 8. The van der Waals surface area contributed by atoms with Crippen LogP contribution in [0.2, 0.25) is 0 Å². The van der Waals surface area contributed by atoms with Crippen molar-refractivity contribution in [3.63, 3.8) is 0 Å². The maximum atomic E-state index is 4.23. The number of fused-ring (bicyclic) bond motifs is 8. The number of hydrogen-bond acceptors (Lipinski definition) is 4. The zero-order chi connectivity index (χ0) is 35.6. The molecule has 0 atom stereocenters. The fourth-order valence-corrected chi connectivity index (χ4v) is 11.9. The number of rotatable bonds is 4. The van der Waals surface area contributed by atoms with E-state index in [-0.39, 0.29) is 21.7 Å². The normalized spacial score (nSPS) is 33.0. The number of aromatic nitrogens is 4. The van der Waals surface area contributed by atoms with Gasteiger partial charge < -0.3 is 41.2 Å². The van der Waals surface area contributed by atoms with Crippen molar-refractivity contribution in [2.75, 3.05) is 52.4 Å². The van der Waals surface area contributed by atoms with E-state index in [4.69, 9.17) is 0 Å². The summed E-state index contributed by atoms with van der Waals surface area (Å²) in [5.74, 6) is 2.11. The molecule has 280 valence electrons. The van der Waals surface area contributed by atoms with E-state index >= 15 is 0 Å². The lowest BCUT2D eigenvalue weighted by Gasteiger charge is -2.43. The molecule has 4 aromatic heterocycles. The zero-order valence-corrected chi connectivity index (χ0v) is 32.2. The summed E-state index contributed by atoms with van der Waals surface area (Å²) in [4.78, 5) is 16.9. The van der Waals surface area contributed by atoms with Crippen molar-refractivity contribution in [2.45, 2.75) is 101 Å². The molecule has 8 nitrogen and oxygen atoms in total. The van der Waals surface area contributed by atoms with Crippen molar-refractivity contribution >= 4 is 0 Å². The summed E-state index contributed by atoms with van der Waals surface area (Å²) in [6.07, 6.45) is 9.38. The van der Waals surface area contributed by atoms with Crippen LogP contribution < -0.4 is 21.3 Å². The average molecular weight is 705 g/mol. The summed E-state index contributed by atoms with van der Waals surface area (Å²) < 4.78 is 0. The van der Waals surface area contributed by atoms with Gasteiger partial charge in [-0.15, -0.1) is 0 Å². The summed E-state index contributed by atoms with van der Waals surface area (Å²) in [5.41, 5.74) is 10.1. The second kappa shape index (κ2) is 13.4. The molecule has 8 bridgehead atoms. The molecule has 0 spiro atoms. The SMILES string of the molecule is CC1(C2CCNCC2)c2ccc([nH]2)C(C)(C2CCNCC2)c2ccc([nH]2)C(C)(C2CCNCC2)c2ccc([nH]2)C(C)(C2CCNCC2)c2ccc1[nH]2. The smallest absolute Gasteiger partial charge is 0.0504 e. The first kappa shape index (κ1) is 34.7. The first-order valence-electron chi connectivity index (χ1n) is 20.9.